The fourth-order valence-electron chi connectivity index (χ4n) is 1.88. The molecular weight excluding hydrogens is 262 g/mol. The number of hydrogen-bond donors (Lipinski definition) is 1. The topological polar surface area (TPSA) is 47.0 Å². The fraction of sp³-hybridized carbons (Fsp3) is 0.286. The summed E-state index contributed by atoms with van der Waals surface area (Å²) in [5.74, 6) is 0.498. The minimum atomic E-state index is -0.0721. The molecule has 0 bridgehead atoms. The van der Waals surface area contributed by atoms with Crippen LogP contribution >= 0.6 is 11.6 Å². The summed E-state index contributed by atoms with van der Waals surface area (Å²) in [5, 5.41) is 12.3. The van der Waals surface area contributed by atoms with E-state index in [9.17, 15) is 0 Å². The quantitative estimate of drug-likeness (QED) is 0.913. The molecule has 1 unspecified atom stereocenters. The summed E-state index contributed by atoms with van der Waals surface area (Å²) in [7, 11) is 1.57. The van der Waals surface area contributed by atoms with Gasteiger partial charge in [0.1, 0.15) is 0 Å². The molecule has 1 aromatic heterocycles. The predicted octanol–water partition coefficient (Wildman–Crippen LogP) is 2.84. The largest absolute Gasteiger partial charge is 0.480 e. The summed E-state index contributed by atoms with van der Waals surface area (Å²) in [5.41, 5.74) is 1.81. The molecule has 2 aromatic rings. The highest BCUT2D eigenvalue weighted by Crippen LogP contribution is 2.27. The van der Waals surface area contributed by atoms with Crippen LogP contribution in [0.5, 0.6) is 5.88 Å². The van der Waals surface area contributed by atoms with E-state index in [-0.39, 0.29) is 6.04 Å². The molecule has 0 saturated heterocycles. The van der Waals surface area contributed by atoms with Crippen LogP contribution in [0.4, 0.5) is 0 Å². The third-order valence-electron chi connectivity index (χ3n) is 2.79. The zero-order valence-corrected chi connectivity index (χ0v) is 11.7. The minimum Gasteiger partial charge on any atom is -0.480 e. The summed E-state index contributed by atoms with van der Waals surface area (Å²) < 4.78 is 5.02. The van der Waals surface area contributed by atoms with Crippen LogP contribution < -0.4 is 10.1 Å². The number of halogens is 1. The fourth-order valence-corrected chi connectivity index (χ4v) is 2.13. The van der Waals surface area contributed by atoms with E-state index in [0.717, 1.165) is 17.8 Å². The number of aromatic nitrogens is 2. The van der Waals surface area contributed by atoms with Gasteiger partial charge in [0.05, 0.1) is 18.8 Å². The molecule has 1 atom stereocenters. The first-order valence-corrected chi connectivity index (χ1v) is 6.49. The molecule has 0 aliphatic carbocycles. The molecule has 0 aliphatic rings. The molecule has 0 amide bonds. The van der Waals surface area contributed by atoms with Gasteiger partial charge in [-0.1, -0.05) is 36.7 Å². The zero-order chi connectivity index (χ0) is 13.7. The van der Waals surface area contributed by atoms with E-state index in [4.69, 9.17) is 16.3 Å². The van der Waals surface area contributed by atoms with Gasteiger partial charge < -0.3 is 10.1 Å². The van der Waals surface area contributed by atoms with E-state index in [2.05, 4.69) is 15.5 Å². The van der Waals surface area contributed by atoms with E-state index in [1.807, 2.05) is 37.3 Å². The summed E-state index contributed by atoms with van der Waals surface area (Å²) in [6.45, 7) is 2.85. The molecule has 0 radical (unpaired) electrons. The van der Waals surface area contributed by atoms with Gasteiger partial charge in [0.15, 0.2) is 0 Å². The van der Waals surface area contributed by atoms with Crippen molar-refractivity contribution in [2.45, 2.75) is 13.0 Å². The SMILES string of the molecule is CCNC(c1ccc(OC)nn1)c1ccccc1Cl. The zero-order valence-electron chi connectivity index (χ0n) is 10.9. The Balaban J connectivity index is 2.36. The van der Waals surface area contributed by atoms with E-state index >= 15 is 0 Å². The Kier molecular flexibility index (Phi) is 4.71. The lowest BCUT2D eigenvalue weighted by Gasteiger charge is -2.18. The van der Waals surface area contributed by atoms with Gasteiger partial charge in [-0.3, -0.25) is 0 Å². The van der Waals surface area contributed by atoms with Crippen molar-refractivity contribution in [3.8, 4) is 5.88 Å². The Hall–Kier alpha value is -1.65. The van der Waals surface area contributed by atoms with Crippen LogP contribution in [0.15, 0.2) is 36.4 Å². The highest BCUT2D eigenvalue weighted by Gasteiger charge is 2.17. The second-order valence-corrected chi connectivity index (χ2v) is 4.42. The molecule has 4 nitrogen and oxygen atoms in total. The molecule has 5 heteroatoms. The number of nitrogens with one attached hydrogen (secondary N) is 1. The lowest BCUT2D eigenvalue weighted by Crippen LogP contribution is -2.23. The highest BCUT2D eigenvalue weighted by atomic mass is 35.5. The van der Waals surface area contributed by atoms with Crippen molar-refractivity contribution in [1.29, 1.82) is 0 Å². The second kappa shape index (κ2) is 6.50. The third kappa shape index (κ3) is 3.22. The van der Waals surface area contributed by atoms with Crippen LogP contribution in [0, 0.1) is 0 Å². The number of methoxy groups -OCH3 is 1. The lowest BCUT2D eigenvalue weighted by atomic mass is 10.0. The van der Waals surface area contributed by atoms with Crippen molar-refractivity contribution in [2.24, 2.45) is 0 Å². The maximum absolute atomic E-state index is 6.25. The van der Waals surface area contributed by atoms with Crippen LogP contribution in [0.25, 0.3) is 0 Å². The van der Waals surface area contributed by atoms with E-state index in [1.165, 1.54) is 0 Å². The molecule has 100 valence electrons. The molecule has 0 saturated carbocycles. The molecule has 0 spiro atoms. The Morgan fingerprint density at radius 3 is 2.58 bits per heavy atom. The maximum atomic E-state index is 6.25. The summed E-state index contributed by atoms with van der Waals surface area (Å²) in [6.07, 6.45) is 0. The van der Waals surface area contributed by atoms with Gasteiger partial charge in [0, 0.05) is 11.1 Å². The van der Waals surface area contributed by atoms with Gasteiger partial charge in [0.25, 0.3) is 0 Å². The Morgan fingerprint density at radius 2 is 2.00 bits per heavy atom. The average molecular weight is 278 g/mol. The number of ether oxygens (including phenoxy) is 1. The van der Waals surface area contributed by atoms with Crippen molar-refractivity contribution in [3.63, 3.8) is 0 Å². The molecule has 1 aromatic carbocycles. The first-order chi connectivity index (χ1) is 9.26. The first kappa shape index (κ1) is 13.8. The summed E-state index contributed by atoms with van der Waals surface area (Å²) in [4.78, 5) is 0. The van der Waals surface area contributed by atoms with Gasteiger partial charge in [-0.15, -0.1) is 10.2 Å². The monoisotopic (exact) mass is 277 g/mol. The van der Waals surface area contributed by atoms with Crippen molar-refractivity contribution < 1.29 is 4.74 Å². The minimum absolute atomic E-state index is 0.0721. The normalized spacial score (nSPS) is 12.2. The van der Waals surface area contributed by atoms with Crippen molar-refractivity contribution in [2.75, 3.05) is 13.7 Å². The molecule has 1 heterocycles. The predicted molar refractivity (Wildman–Crippen MR) is 75.6 cm³/mol. The van der Waals surface area contributed by atoms with E-state index < -0.39 is 0 Å². The van der Waals surface area contributed by atoms with Gasteiger partial charge in [-0.05, 0) is 24.2 Å². The van der Waals surface area contributed by atoms with Crippen molar-refractivity contribution >= 4 is 11.6 Å². The van der Waals surface area contributed by atoms with Crippen molar-refractivity contribution in [3.05, 3.63) is 52.7 Å². The Morgan fingerprint density at radius 1 is 1.21 bits per heavy atom. The molecule has 0 aliphatic heterocycles. The third-order valence-corrected chi connectivity index (χ3v) is 3.13. The van der Waals surface area contributed by atoms with Crippen LogP contribution in [0.1, 0.15) is 24.2 Å². The molecular formula is C14H16ClN3O. The van der Waals surface area contributed by atoms with Crippen molar-refractivity contribution in [1.82, 2.24) is 15.5 Å². The standard InChI is InChI=1S/C14H16ClN3O/c1-3-16-14(10-6-4-5-7-11(10)15)12-8-9-13(19-2)18-17-12/h4-9,14,16H,3H2,1-2H3. The number of benzene rings is 1. The van der Waals surface area contributed by atoms with Gasteiger partial charge in [0.2, 0.25) is 5.88 Å². The highest BCUT2D eigenvalue weighted by molar-refractivity contribution is 6.31. The molecule has 1 N–H and O–H groups in total. The smallest absolute Gasteiger partial charge is 0.233 e. The van der Waals surface area contributed by atoms with Gasteiger partial charge >= 0.3 is 0 Å². The second-order valence-electron chi connectivity index (χ2n) is 4.01. The van der Waals surface area contributed by atoms with E-state index in [0.29, 0.717) is 10.9 Å². The Labute approximate surface area is 117 Å². The van der Waals surface area contributed by atoms with E-state index in [1.54, 1.807) is 13.2 Å². The average Bonchev–Trinajstić information content (AvgIpc) is 2.46. The van der Waals surface area contributed by atoms with Crippen LogP contribution in [-0.2, 0) is 0 Å². The lowest BCUT2D eigenvalue weighted by molar-refractivity contribution is 0.390. The van der Waals surface area contributed by atoms with Crippen LogP contribution in [-0.4, -0.2) is 23.9 Å². The summed E-state index contributed by atoms with van der Waals surface area (Å²) in [6, 6.07) is 11.3. The summed E-state index contributed by atoms with van der Waals surface area (Å²) >= 11 is 6.25. The van der Waals surface area contributed by atoms with Gasteiger partial charge in [-0.25, -0.2) is 0 Å². The Bertz CT molecular complexity index is 530. The number of rotatable bonds is 5. The van der Waals surface area contributed by atoms with Gasteiger partial charge in [-0.2, -0.15) is 0 Å². The van der Waals surface area contributed by atoms with Crippen LogP contribution in [0.2, 0.25) is 5.02 Å². The maximum Gasteiger partial charge on any atom is 0.233 e. The first-order valence-electron chi connectivity index (χ1n) is 6.11. The molecule has 0 fully saturated rings. The van der Waals surface area contributed by atoms with Crippen LogP contribution in [0.3, 0.4) is 0 Å². The molecule has 19 heavy (non-hydrogen) atoms. The molecule has 2 rings (SSSR count). The number of nitrogens with zero attached hydrogens (tertiary/aromatic N) is 2. The number of hydrogen-bond acceptors (Lipinski definition) is 4.